The third-order valence-corrected chi connectivity index (χ3v) is 3.58. The zero-order chi connectivity index (χ0) is 18.9. The summed E-state index contributed by atoms with van der Waals surface area (Å²) in [4.78, 5) is 17.7. The van der Waals surface area contributed by atoms with Crippen molar-refractivity contribution in [3.05, 3.63) is 35.9 Å². The predicted molar refractivity (Wildman–Crippen MR) is 92.3 cm³/mol. The maximum Gasteiger partial charge on any atom is 0.248 e. The number of carbonyl (C=O) groups is 1. The van der Waals surface area contributed by atoms with Crippen molar-refractivity contribution in [2.45, 2.75) is 39.0 Å². The summed E-state index contributed by atoms with van der Waals surface area (Å²) in [6.45, 7) is 3.69. The molecule has 1 atom stereocenters. The van der Waals surface area contributed by atoms with Crippen LogP contribution in [0.25, 0.3) is 0 Å². The van der Waals surface area contributed by atoms with E-state index in [0.717, 1.165) is 10.6 Å². The van der Waals surface area contributed by atoms with Crippen LogP contribution < -0.4 is 0 Å². The molecule has 0 saturated carbocycles. The lowest BCUT2D eigenvalue weighted by Crippen LogP contribution is -2.50. The number of hydroxylamine groups is 2. The molecule has 0 heterocycles. The van der Waals surface area contributed by atoms with Gasteiger partial charge in [0.25, 0.3) is 0 Å². The van der Waals surface area contributed by atoms with Crippen molar-refractivity contribution in [3.63, 3.8) is 0 Å². The number of hydrogen-bond donors (Lipinski definition) is 1. The van der Waals surface area contributed by atoms with Crippen LogP contribution >= 0.6 is 0 Å². The SMILES string of the molecule is C#CN(C(O)OCc1ccccc1)C(C)(C)OCCC(=O)N(C)OC. The van der Waals surface area contributed by atoms with Gasteiger partial charge in [-0.3, -0.25) is 14.5 Å². The first-order valence-electron chi connectivity index (χ1n) is 7.85. The number of amides is 1. The highest BCUT2D eigenvalue weighted by Crippen LogP contribution is 2.19. The third kappa shape index (κ3) is 6.72. The number of rotatable bonds is 10. The lowest BCUT2D eigenvalue weighted by molar-refractivity contribution is -0.252. The van der Waals surface area contributed by atoms with Crippen molar-refractivity contribution in [2.24, 2.45) is 0 Å². The Morgan fingerprint density at radius 2 is 2.00 bits per heavy atom. The van der Waals surface area contributed by atoms with Crippen LogP contribution in [-0.2, 0) is 25.7 Å². The van der Waals surface area contributed by atoms with E-state index < -0.39 is 12.1 Å². The fourth-order valence-corrected chi connectivity index (χ4v) is 2.02. The van der Waals surface area contributed by atoms with E-state index in [1.54, 1.807) is 13.8 Å². The Labute approximate surface area is 149 Å². The predicted octanol–water partition coefficient (Wildman–Crippen LogP) is 1.53. The van der Waals surface area contributed by atoms with E-state index in [-0.39, 0.29) is 25.5 Å². The highest BCUT2D eigenvalue weighted by Gasteiger charge is 2.31. The Hall–Kier alpha value is -2.11. The van der Waals surface area contributed by atoms with Crippen LogP contribution in [0.15, 0.2) is 30.3 Å². The Bertz CT molecular complexity index is 571. The van der Waals surface area contributed by atoms with Gasteiger partial charge in [-0.2, -0.15) is 0 Å². The lowest BCUT2D eigenvalue weighted by Gasteiger charge is -2.38. The topological polar surface area (TPSA) is 71.5 Å². The summed E-state index contributed by atoms with van der Waals surface area (Å²) in [5.74, 6) is -0.230. The first-order chi connectivity index (χ1) is 11.8. The molecule has 0 aliphatic heterocycles. The van der Waals surface area contributed by atoms with Crippen LogP contribution in [0.4, 0.5) is 0 Å². The second kappa shape index (κ2) is 10.0. The van der Waals surface area contributed by atoms with E-state index in [1.165, 1.54) is 19.1 Å². The Balaban J connectivity index is 2.54. The molecule has 1 N–H and O–H groups in total. The Morgan fingerprint density at radius 1 is 1.36 bits per heavy atom. The number of nitrogens with zero attached hydrogens (tertiary/aromatic N) is 2. The number of hydrogen-bond acceptors (Lipinski definition) is 6. The number of terminal acetylenes is 1. The van der Waals surface area contributed by atoms with Crippen molar-refractivity contribution in [3.8, 4) is 12.5 Å². The highest BCUT2D eigenvalue weighted by molar-refractivity contribution is 5.74. The van der Waals surface area contributed by atoms with Crippen molar-refractivity contribution < 1.29 is 24.2 Å². The van der Waals surface area contributed by atoms with Gasteiger partial charge in [-0.15, -0.1) is 0 Å². The van der Waals surface area contributed by atoms with Crippen molar-refractivity contribution >= 4 is 5.91 Å². The molecule has 1 aromatic rings. The molecule has 0 saturated heterocycles. The summed E-state index contributed by atoms with van der Waals surface area (Å²) >= 11 is 0. The molecule has 0 aliphatic carbocycles. The van der Waals surface area contributed by atoms with Gasteiger partial charge in [-0.05, 0) is 19.4 Å². The normalized spacial score (nSPS) is 12.3. The number of benzene rings is 1. The maximum absolute atomic E-state index is 11.7. The molecule has 0 aliphatic rings. The molecule has 7 nitrogen and oxygen atoms in total. The molecule has 25 heavy (non-hydrogen) atoms. The van der Waals surface area contributed by atoms with Gasteiger partial charge < -0.3 is 14.6 Å². The van der Waals surface area contributed by atoms with Crippen LogP contribution in [0, 0.1) is 12.5 Å². The van der Waals surface area contributed by atoms with Crippen LogP contribution in [0.3, 0.4) is 0 Å². The Morgan fingerprint density at radius 3 is 2.56 bits per heavy atom. The van der Waals surface area contributed by atoms with E-state index in [9.17, 15) is 9.90 Å². The van der Waals surface area contributed by atoms with Crippen molar-refractivity contribution in [1.82, 2.24) is 9.96 Å². The molecule has 0 bridgehead atoms. The minimum absolute atomic E-state index is 0.114. The molecule has 1 rings (SSSR count). The average molecular weight is 350 g/mol. The minimum atomic E-state index is -1.35. The zero-order valence-electron chi connectivity index (χ0n) is 15.1. The molecule has 0 spiro atoms. The summed E-state index contributed by atoms with van der Waals surface area (Å²) in [7, 11) is 2.92. The molecular weight excluding hydrogens is 324 g/mol. The molecule has 1 amide bonds. The molecule has 1 unspecified atom stereocenters. The van der Waals surface area contributed by atoms with Gasteiger partial charge in [0, 0.05) is 13.1 Å². The Kier molecular flexibility index (Phi) is 8.38. The fourth-order valence-electron chi connectivity index (χ4n) is 2.02. The number of aliphatic hydroxyl groups excluding tert-OH is 1. The smallest absolute Gasteiger partial charge is 0.248 e. The molecule has 0 aromatic heterocycles. The van der Waals surface area contributed by atoms with E-state index in [4.69, 9.17) is 20.7 Å². The molecule has 0 fully saturated rings. The van der Waals surface area contributed by atoms with E-state index in [1.807, 2.05) is 30.3 Å². The number of ether oxygens (including phenoxy) is 2. The van der Waals surface area contributed by atoms with E-state index in [2.05, 4.69) is 6.04 Å². The maximum atomic E-state index is 11.7. The van der Waals surface area contributed by atoms with Gasteiger partial charge in [-0.1, -0.05) is 36.8 Å². The second-order valence-corrected chi connectivity index (χ2v) is 5.74. The first kappa shape index (κ1) is 20.9. The standard InChI is InChI=1S/C18H26N2O5/c1-6-20(17(22)24-14-15-10-8-7-9-11-15)18(2,3)25-13-12-16(21)19(4)23-5/h1,7-11,17,22H,12-14H2,2-5H3. The summed E-state index contributed by atoms with van der Waals surface area (Å²) < 4.78 is 11.1. The summed E-state index contributed by atoms with van der Waals surface area (Å²) in [6, 6.07) is 11.8. The van der Waals surface area contributed by atoms with Gasteiger partial charge in [0.1, 0.15) is 5.72 Å². The summed E-state index contributed by atoms with van der Waals surface area (Å²) in [6.07, 6.45) is 4.26. The van der Waals surface area contributed by atoms with Gasteiger partial charge in [0.2, 0.25) is 12.3 Å². The molecular formula is C18H26N2O5. The lowest BCUT2D eigenvalue weighted by atomic mass is 10.2. The van der Waals surface area contributed by atoms with Crippen LogP contribution in [-0.4, -0.2) is 53.9 Å². The van der Waals surface area contributed by atoms with Crippen LogP contribution in [0.5, 0.6) is 0 Å². The quantitative estimate of drug-likeness (QED) is 0.299. The monoisotopic (exact) mass is 350 g/mol. The second-order valence-electron chi connectivity index (χ2n) is 5.74. The summed E-state index contributed by atoms with van der Waals surface area (Å²) in [5, 5.41) is 11.3. The summed E-state index contributed by atoms with van der Waals surface area (Å²) in [5.41, 5.74) is -0.123. The molecule has 0 radical (unpaired) electrons. The number of aliphatic hydroxyl groups is 1. The van der Waals surface area contributed by atoms with Crippen LogP contribution in [0.2, 0.25) is 0 Å². The number of carbonyl (C=O) groups excluding carboxylic acids is 1. The average Bonchev–Trinajstić information content (AvgIpc) is 2.60. The van der Waals surface area contributed by atoms with Crippen LogP contribution in [0.1, 0.15) is 25.8 Å². The minimum Gasteiger partial charge on any atom is -0.355 e. The van der Waals surface area contributed by atoms with Gasteiger partial charge in [0.15, 0.2) is 0 Å². The fraction of sp³-hybridized carbons (Fsp3) is 0.500. The highest BCUT2D eigenvalue weighted by atomic mass is 16.7. The van der Waals surface area contributed by atoms with E-state index in [0.29, 0.717) is 0 Å². The van der Waals surface area contributed by atoms with E-state index >= 15 is 0 Å². The van der Waals surface area contributed by atoms with Gasteiger partial charge >= 0.3 is 0 Å². The molecule has 7 heteroatoms. The van der Waals surface area contributed by atoms with Crippen molar-refractivity contribution in [2.75, 3.05) is 20.8 Å². The van der Waals surface area contributed by atoms with Gasteiger partial charge in [0.05, 0.1) is 26.7 Å². The molecule has 138 valence electrons. The zero-order valence-corrected chi connectivity index (χ0v) is 15.1. The van der Waals surface area contributed by atoms with Gasteiger partial charge in [-0.25, -0.2) is 5.06 Å². The largest absolute Gasteiger partial charge is 0.355 e. The van der Waals surface area contributed by atoms with Crippen molar-refractivity contribution in [1.29, 1.82) is 0 Å². The first-order valence-corrected chi connectivity index (χ1v) is 7.85. The molecule has 1 aromatic carbocycles. The third-order valence-electron chi connectivity index (χ3n) is 3.58.